The third kappa shape index (κ3) is 5.39. The summed E-state index contributed by atoms with van der Waals surface area (Å²) in [4.78, 5) is 12.6. The minimum atomic E-state index is -4.04. The van der Waals surface area contributed by atoms with Crippen LogP contribution in [0.5, 0.6) is 0 Å². The summed E-state index contributed by atoms with van der Waals surface area (Å²) in [7, 11) is -4.04. The van der Waals surface area contributed by atoms with Gasteiger partial charge in [-0.2, -0.15) is 0 Å². The Hall–Kier alpha value is -2.98. The number of hydrogen-bond acceptors (Lipinski definition) is 6. The molecule has 2 N–H and O–H groups in total. The van der Waals surface area contributed by atoms with Crippen molar-refractivity contribution in [2.75, 3.05) is 10.0 Å². The second-order valence-corrected chi connectivity index (χ2v) is 10.9. The smallest absolute Gasteiger partial charge is 0.263 e. The molecule has 0 atom stereocenters. The van der Waals surface area contributed by atoms with Gasteiger partial charge in [0.2, 0.25) is 5.13 Å². The standard InChI is InChI=1S/C23H18Cl2N4O3S2/c1-13-3-9-18(11-14(13)2)29-34(31,32)20-12-16(6-10-19(20)25)21(30)26-23-28-27-22(33-23)15-4-7-17(24)8-5-15/h3-12,29H,1-2H3,(H,26,28,30). The van der Waals surface area contributed by atoms with Gasteiger partial charge in [0.1, 0.15) is 9.90 Å². The van der Waals surface area contributed by atoms with E-state index < -0.39 is 15.9 Å². The maximum Gasteiger partial charge on any atom is 0.263 e. The Balaban J connectivity index is 1.55. The van der Waals surface area contributed by atoms with E-state index in [2.05, 4.69) is 20.2 Å². The van der Waals surface area contributed by atoms with Crippen molar-refractivity contribution in [3.63, 3.8) is 0 Å². The van der Waals surface area contributed by atoms with Crippen LogP contribution in [0.3, 0.4) is 0 Å². The molecule has 0 fully saturated rings. The van der Waals surface area contributed by atoms with Gasteiger partial charge >= 0.3 is 0 Å². The van der Waals surface area contributed by atoms with Gasteiger partial charge in [-0.15, -0.1) is 10.2 Å². The summed E-state index contributed by atoms with van der Waals surface area (Å²) in [6, 6.07) is 16.3. The summed E-state index contributed by atoms with van der Waals surface area (Å²) in [5.41, 5.74) is 3.29. The van der Waals surface area contributed by atoms with E-state index in [-0.39, 0.29) is 20.6 Å². The van der Waals surface area contributed by atoms with E-state index >= 15 is 0 Å². The van der Waals surface area contributed by atoms with Gasteiger partial charge in [0.05, 0.1) is 5.02 Å². The average molecular weight is 533 g/mol. The Morgan fingerprint density at radius 2 is 1.65 bits per heavy atom. The van der Waals surface area contributed by atoms with Gasteiger partial charge in [-0.3, -0.25) is 14.8 Å². The zero-order chi connectivity index (χ0) is 24.5. The number of benzene rings is 3. The molecule has 0 aliphatic heterocycles. The highest BCUT2D eigenvalue weighted by Gasteiger charge is 2.21. The number of carbonyl (C=O) groups excluding carboxylic acids is 1. The highest BCUT2D eigenvalue weighted by molar-refractivity contribution is 7.92. The van der Waals surface area contributed by atoms with Gasteiger partial charge < -0.3 is 0 Å². The van der Waals surface area contributed by atoms with Crippen molar-refractivity contribution in [3.05, 3.63) is 87.4 Å². The Morgan fingerprint density at radius 3 is 2.35 bits per heavy atom. The Bertz CT molecular complexity index is 1490. The summed E-state index contributed by atoms with van der Waals surface area (Å²) in [6.07, 6.45) is 0. The van der Waals surface area contributed by atoms with Crippen LogP contribution in [0.1, 0.15) is 21.5 Å². The molecule has 1 aromatic heterocycles. The number of aromatic nitrogens is 2. The highest BCUT2D eigenvalue weighted by atomic mass is 35.5. The van der Waals surface area contributed by atoms with Crippen LogP contribution < -0.4 is 10.0 Å². The van der Waals surface area contributed by atoms with Crippen LogP contribution in [0.4, 0.5) is 10.8 Å². The molecular weight excluding hydrogens is 515 g/mol. The minimum Gasteiger partial charge on any atom is -0.296 e. The van der Waals surface area contributed by atoms with Gasteiger partial charge in [0.15, 0.2) is 0 Å². The van der Waals surface area contributed by atoms with Crippen molar-refractivity contribution in [3.8, 4) is 10.6 Å². The Labute approximate surface area is 210 Å². The number of nitrogens with zero attached hydrogens (tertiary/aromatic N) is 2. The SMILES string of the molecule is Cc1ccc(NS(=O)(=O)c2cc(C(=O)Nc3nnc(-c4ccc(Cl)cc4)s3)ccc2Cl)cc1C. The van der Waals surface area contributed by atoms with Gasteiger partial charge in [-0.05, 0) is 67.4 Å². The van der Waals surface area contributed by atoms with E-state index in [4.69, 9.17) is 23.2 Å². The number of carbonyl (C=O) groups is 1. The lowest BCUT2D eigenvalue weighted by molar-refractivity contribution is 0.102. The number of hydrogen-bond donors (Lipinski definition) is 2. The Morgan fingerprint density at radius 1 is 0.912 bits per heavy atom. The maximum absolute atomic E-state index is 13.0. The van der Waals surface area contributed by atoms with E-state index in [9.17, 15) is 13.2 Å². The van der Waals surface area contributed by atoms with Crippen molar-refractivity contribution < 1.29 is 13.2 Å². The van der Waals surface area contributed by atoms with Gasteiger partial charge in [0.25, 0.3) is 15.9 Å². The molecule has 3 aromatic carbocycles. The molecule has 0 saturated heterocycles. The van der Waals surface area contributed by atoms with Crippen LogP contribution in [-0.2, 0) is 10.0 Å². The fraction of sp³-hybridized carbons (Fsp3) is 0.0870. The molecule has 11 heteroatoms. The van der Waals surface area contributed by atoms with E-state index in [0.29, 0.717) is 15.7 Å². The molecule has 0 aliphatic carbocycles. The molecule has 4 rings (SSSR count). The molecular formula is C23H18Cl2N4O3S2. The van der Waals surface area contributed by atoms with Crippen molar-refractivity contribution in [1.29, 1.82) is 0 Å². The van der Waals surface area contributed by atoms with Crippen molar-refractivity contribution in [1.82, 2.24) is 10.2 Å². The zero-order valence-corrected chi connectivity index (χ0v) is 21.1. The quantitative estimate of drug-likeness (QED) is 0.308. The first-order valence-electron chi connectivity index (χ1n) is 9.93. The molecule has 34 heavy (non-hydrogen) atoms. The molecule has 1 amide bonds. The molecule has 174 valence electrons. The van der Waals surface area contributed by atoms with Crippen molar-refractivity contribution in [2.45, 2.75) is 18.7 Å². The summed E-state index contributed by atoms with van der Waals surface area (Å²) in [6.45, 7) is 3.82. The molecule has 7 nitrogen and oxygen atoms in total. The molecule has 0 radical (unpaired) electrons. The predicted molar refractivity (Wildman–Crippen MR) is 136 cm³/mol. The van der Waals surface area contributed by atoms with Crippen molar-refractivity contribution >= 4 is 61.3 Å². The summed E-state index contributed by atoms with van der Waals surface area (Å²) in [5.74, 6) is -0.543. The fourth-order valence-corrected chi connectivity index (χ4v) is 5.46. The summed E-state index contributed by atoms with van der Waals surface area (Å²) < 4.78 is 28.5. The first-order chi connectivity index (χ1) is 16.1. The number of sulfonamides is 1. The molecule has 0 spiro atoms. The largest absolute Gasteiger partial charge is 0.296 e. The Kier molecular flexibility index (Phi) is 6.90. The normalized spacial score (nSPS) is 11.3. The van der Waals surface area contributed by atoms with Crippen molar-refractivity contribution in [2.24, 2.45) is 0 Å². The topological polar surface area (TPSA) is 101 Å². The number of nitrogens with one attached hydrogen (secondary N) is 2. The third-order valence-corrected chi connectivity index (χ3v) is 7.98. The summed E-state index contributed by atoms with van der Waals surface area (Å²) in [5, 5.41) is 12.2. The van der Waals surface area contributed by atoms with Crippen LogP contribution in [0, 0.1) is 13.8 Å². The van der Waals surface area contributed by atoms with Crippen LogP contribution in [0.15, 0.2) is 65.6 Å². The van der Waals surface area contributed by atoms with E-state index in [0.717, 1.165) is 16.7 Å². The van der Waals surface area contributed by atoms with E-state index in [1.807, 2.05) is 19.9 Å². The zero-order valence-electron chi connectivity index (χ0n) is 18.0. The van der Waals surface area contributed by atoms with Gasteiger partial charge in [-0.25, -0.2) is 8.42 Å². The number of aryl methyl sites for hydroxylation is 2. The van der Waals surface area contributed by atoms with E-state index in [1.165, 1.54) is 29.5 Å². The predicted octanol–water partition coefficient (Wildman–Crippen LogP) is 6.18. The maximum atomic E-state index is 13.0. The number of amides is 1. The van der Waals surface area contributed by atoms with Gasteiger partial charge in [-0.1, -0.05) is 52.7 Å². The lowest BCUT2D eigenvalue weighted by Gasteiger charge is -2.12. The second-order valence-electron chi connectivity index (χ2n) is 7.42. The van der Waals surface area contributed by atoms with Crippen LogP contribution in [0.2, 0.25) is 10.0 Å². The number of anilines is 2. The van der Waals surface area contributed by atoms with Crippen LogP contribution >= 0.6 is 34.5 Å². The molecule has 0 unspecified atom stereocenters. The molecule has 0 aliphatic rings. The lowest BCUT2D eigenvalue weighted by Crippen LogP contribution is -2.16. The average Bonchev–Trinajstić information content (AvgIpc) is 3.25. The number of halogens is 2. The second kappa shape index (κ2) is 9.71. The van der Waals surface area contributed by atoms with E-state index in [1.54, 1.807) is 36.4 Å². The molecule has 0 bridgehead atoms. The molecule has 0 saturated carbocycles. The minimum absolute atomic E-state index is 0.00572. The molecule has 1 heterocycles. The highest BCUT2D eigenvalue weighted by Crippen LogP contribution is 2.29. The van der Waals surface area contributed by atoms with Crippen LogP contribution in [0.25, 0.3) is 10.6 Å². The fourth-order valence-electron chi connectivity index (χ4n) is 3.02. The van der Waals surface area contributed by atoms with Crippen LogP contribution in [-0.4, -0.2) is 24.5 Å². The first kappa shape index (κ1) is 24.2. The molecule has 4 aromatic rings. The third-order valence-electron chi connectivity index (χ3n) is 4.98. The summed E-state index contributed by atoms with van der Waals surface area (Å²) >= 11 is 13.3. The van der Waals surface area contributed by atoms with Gasteiger partial charge in [0, 0.05) is 21.8 Å². The first-order valence-corrected chi connectivity index (χ1v) is 13.0. The lowest BCUT2D eigenvalue weighted by atomic mass is 10.1. The number of rotatable bonds is 6. The monoisotopic (exact) mass is 532 g/mol.